The van der Waals surface area contributed by atoms with Gasteiger partial charge in [0.05, 0.1) is 0 Å². The summed E-state index contributed by atoms with van der Waals surface area (Å²) in [5.41, 5.74) is -1.17. The average Bonchev–Trinajstić information content (AvgIpc) is 3.09. The highest BCUT2D eigenvalue weighted by Gasteiger charge is 2.38. The number of hydrogen-bond acceptors (Lipinski definition) is 2. The molecule has 0 aliphatic heterocycles. The van der Waals surface area contributed by atoms with Crippen LogP contribution < -0.4 is 5.32 Å². The molecule has 0 aromatic heterocycles. The van der Waals surface area contributed by atoms with Crippen molar-refractivity contribution >= 4 is 12.0 Å². The molecule has 5 nitrogen and oxygen atoms in total. The Morgan fingerprint density at radius 1 is 1.41 bits per heavy atom. The summed E-state index contributed by atoms with van der Waals surface area (Å²) in [7, 11) is 0. The molecule has 1 rings (SSSR count). The predicted octanol–water partition coefficient (Wildman–Crippen LogP) is 1.82. The summed E-state index contributed by atoms with van der Waals surface area (Å²) in [5, 5.41) is 11.8. The van der Waals surface area contributed by atoms with Gasteiger partial charge >= 0.3 is 12.0 Å². The number of hydrogen-bond donors (Lipinski definition) is 2. The van der Waals surface area contributed by atoms with Gasteiger partial charge < -0.3 is 15.3 Å². The fourth-order valence-electron chi connectivity index (χ4n) is 1.68. The fourth-order valence-corrected chi connectivity index (χ4v) is 1.68. The van der Waals surface area contributed by atoms with E-state index in [4.69, 9.17) is 5.11 Å². The second-order valence-electron chi connectivity index (χ2n) is 4.85. The largest absolute Gasteiger partial charge is 0.480 e. The minimum absolute atomic E-state index is 0.249. The molecule has 1 atom stereocenters. The second kappa shape index (κ2) is 5.38. The number of carbonyl (C=O) groups excluding carboxylic acids is 1. The number of nitrogens with one attached hydrogen (secondary N) is 1. The van der Waals surface area contributed by atoms with Crippen LogP contribution in [0.4, 0.5) is 4.79 Å². The van der Waals surface area contributed by atoms with Crippen LogP contribution in [0.1, 0.15) is 46.5 Å². The van der Waals surface area contributed by atoms with Gasteiger partial charge in [0, 0.05) is 12.6 Å². The first-order chi connectivity index (χ1) is 7.94. The van der Waals surface area contributed by atoms with Crippen molar-refractivity contribution in [3.63, 3.8) is 0 Å². The number of carbonyl (C=O) groups is 2. The van der Waals surface area contributed by atoms with Crippen molar-refractivity contribution in [2.24, 2.45) is 0 Å². The van der Waals surface area contributed by atoms with Crippen molar-refractivity contribution in [1.29, 1.82) is 0 Å². The van der Waals surface area contributed by atoms with Crippen LogP contribution in [0.15, 0.2) is 0 Å². The zero-order valence-electron chi connectivity index (χ0n) is 10.8. The summed E-state index contributed by atoms with van der Waals surface area (Å²) < 4.78 is 0. The van der Waals surface area contributed by atoms with Gasteiger partial charge in [-0.2, -0.15) is 0 Å². The molecule has 1 aliphatic rings. The van der Waals surface area contributed by atoms with E-state index in [0.29, 0.717) is 19.0 Å². The first-order valence-electron chi connectivity index (χ1n) is 6.26. The Morgan fingerprint density at radius 2 is 2.00 bits per heavy atom. The summed E-state index contributed by atoms with van der Waals surface area (Å²) in [6.07, 6.45) is 3.32. The van der Waals surface area contributed by atoms with Gasteiger partial charge in [0.25, 0.3) is 0 Å². The average molecular weight is 242 g/mol. The number of carboxylic acids is 1. The highest BCUT2D eigenvalue weighted by molar-refractivity contribution is 5.86. The lowest BCUT2D eigenvalue weighted by atomic mass is 10.00. The van der Waals surface area contributed by atoms with Crippen molar-refractivity contribution in [2.75, 3.05) is 6.54 Å². The normalized spacial score (nSPS) is 18.3. The summed E-state index contributed by atoms with van der Waals surface area (Å²) >= 11 is 0. The minimum atomic E-state index is -1.17. The Morgan fingerprint density at radius 3 is 2.35 bits per heavy atom. The third kappa shape index (κ3) is 3.35. The van der Waals surface area contributed by atoms with Gasteiger partial charge in [0.15, 0.2) is 0 Å². The summed E-state index contributed by atoms with van der Waals surface area (Å²) in [5.74, 6) is -0.986. The van der Waals surface area contributed by atoms with Crippen LogP contribution in [0.3, 0.4) is 0 Å². The van der Waals surface area contributed by atoms with Gasteiger partial charge in [-0.25, -0.2) is 9.59 Å². The van der Waals surface area contributed by atoms with E-state index in [9.17, 15) is 9.59 Å². The van der Waals surface area contributed by atoms with E-state index in [0.717, 1.165) is 19.3 Å². The van der Waals surface area contributed by atoms with Gasteiger partial charge in [-0.3, -0.25) is 0 Å². The molecule has 0 heterocycles. The Hall–Kier alpha value is -1.26. The SMILES string of the molecule is CCCN(C(=O)NC(C)(CC)C(=O)O)C1CC1. The molecular formula is C12H22N2O3. The molecule has 0 aromatic rings. The summed E-state index contributed by atoms with van der Waals surface area (Å²) in [4.78, 5) is 24.9. The quantitative estimate of drug-likeness (QED) is 0.746. The first kappa shape index (κ1) is 13.8. The van der Waals surface area contributed by atoms with Gasteiger partial charge in [-0.15, -0.1) is 0 Å². The van der Waals surface area contributed by atoms with Crippen LogP contribution in [-0.2, 0) is 4.79 Å². The van der Waals surface area contributed by atoms with Crippen molar-refractivity contribution < 1.29 is 14.7 Å². The van der Waals surface area contributed by atoms with Gasteiger partial charge in [0.1, 0.15) is 5.54 Å². The fraction of sp³-hybridized carbons (Fsp3) is 0.833. The van der Waals surface area contributed by atoms with E-state index >= 15 is 0 Å². The van der Waals surface area contributed by atoms with Crippen LogP contribution in [0.25, 0.3) is 0 Å². The molecule has 5 heteroatoms. The van der Waals surface area contributed by atoms with Gasteiger partial charge in [-0.05, 0) is 32.6 Å². The van der Waals surface area contributed by atoms with Gasteiger partial charge in [0.2, 0.25) is 0 Å². The zero-order valence-corrected chi connectivity index (χ0v) is 10.8. The molecule has 1 saturated carbocycles. The monoisotopic (exact) mass is 242 g/mol. The Kier molecular flexibility index (Phi) is 4.37. The van der Waals surface area contributed by atoms with Crippen LogP contribution in [0, 0.1) is 0 Å². The maximum Gasteiger partial charge on any atom is 0.329 e. The maximum atomic E-state index is 12.0. The lowest BCUT2D eigenvalue weighted by molar-refractivity contribution is -0.143. The number of amides is 2. The molecule has 1 fully saturated rings. The first-order valence-corrected chi connectivity index (χ1v) is 6.26. The second-order valence-corrected chi connectivity index (χ2v) is 4.85. The molecule has 1 unspecified atom stereocenters. The molecule has 17 heavy (non-hydrogen) atoms. The standard InChI is InChI=1S/C12H22N2O3/c1-4-8-14(9-6-7-9)11(17)13-12(3,5-2)10(15)16/h9H,4-8H2,1-3H3,(H,13,17)(H,15,16). The molecule has 0 bridgehead atoms. The number of rotatable bonds is 6. The van der Waals surface area contributed by atoms with E-state index in [1.54, 1.807) is 18.7 Å². The summed E-state index contributed by atoms with van der Waals surface area (Å²) in [6.45, 7) is 6.01. The van der Waals surface area contributed by atoms with Crippen LogP contribution >= 0.6 is 0 Å². The number of aliphatic carboxylic acids is 1. The zero-order chi connectivity index (χ0) is 13.1. The topological polar surface area (TPSA) is 69.6 Å². The predicted molar refractivity (Wildman–Crippen MR) is 64.9 cm³/mol. The molecule has 1 aliphatic carbocycles. The van der Waals surface area contributed by atoms with E-state index in [2.05, 4.69) is 5.32 Å². The lowest BCUT2D eigenvalue weighted by Crippen LogP contribution is -2.56. The van der Waals surface area contributed by atoms with Crippen LogP contribution in [0.2, 0.25) is 0 Å². The molecule has 0 spiro atoms. The maximum absolute atomic E-state index is 12.0. The minimum Gasteiger partial charge on any atom is -0.480 e. The highest BCUT2D eigenvalue weighted by atomic mass is 16.4. The van der Waals surface area contributed by atoms with Crippen LogP contribution in [0.5, 0.6) is 0 Å². The Balaban J connectivity index is 2.64. The number of nitrogens with zero attached hydrogens (tertiary/aromatic N) is 1. The molecular weight excluding hydrogens is 220 g/mol. The van der Waals surface area contributed by atoms with Gasteiger partial charge in [-0.1, -0.05) is 13.8 Å². The molecule has 0 saturated heterocycles. The smallest absolute Gasteiger partial charge is 0.329 e. The molecule has 98 valence electrons. The van der Waals surface area contributed by atoms with Crippen molar-refractivity contribution in [1.82, 2.24) is 10.2 Å². The Labute approximate surface area is 102 Å². The summed E-state index contributed by atoms with van der Waals surface area (Å²) in [6, 6.07) is 0.0611. The van der Waals surface area contributed by atoms with Crippen LogP contribution in [-0.4, -0.2) is 40.1 Å². The number of carboxylic acid groups (broad SMARTS) is 1. The number of urea groups is 1. The van der Waals surface area contributed by atoms with E-state index in [1.165, 1.54) is 0 Å². The molecule has 0 aromatic carbocycles. The molecule has 2 N–H and O–H groups in total. The van der Waals surface area contributed by atoms with E-state index in [-0.39, 0.29) is 6.03 Å². The Bertz CT molecular complexity index is 302. The van der Waals surface area contributed by atoms with E-state index in [1.807, 2.05) is 6.92 Å². The van der Waals surface area contributed by atoms with Crippen molar-refractivity contribution in [3.8, 4) is 0 Å². The third-order valence-corrected chi connectivity index (χ3v) is 3.27. The van der Waals surface area contributed by atoms with Crippen molar-refractivity contribution in [3.05, 3.63) is 0 Å². The highest BCUT2D eigenvalue weighted by Crippen LogP contribution is 2.27. The molecule has 0 radical (unpaired) electrons. The molecule has 2 amide bonds. The van der Waals surface area contributed by atoms with E-state index < -0.39 is 11.5 Å². The van der Waals surface area contributed by atoms with Crippen molar-refractivity contribution in [2.45, 2.75) is 58.0 Å². The third-order valence-electron chi connectivity index (χ3n) is 3.27. The lowest BCUT2D eigenvalue weighted by Gasteiger charge is -2.30.